The first-order valence-corrected chi connectivity index (χ1v) is 4.99. The number of ether oxygens (including phenoxy) is 1. The summed E-state index contributed by atoms with van der Waals surface area (Å²) in [6.45, 7) is 1.48. The molecule has 16 heavy (non-hydrogen) atoms. The molecule has 0 amide bonds. The number of carboxylic acid groups (broad SMARTS) is 1. The van der Waals surface area contributed by atoms with Gasteiger partial charge in [-0.15, -0.1) is 0 Å². The minimum Gasteiger partial charge on any atom is -0.493 e. The fourth-order valence-electron chi connectivity index (χ4n) is 1.24. The van der Waals surface area contributed by atoms with E-state index in [2.05, 4.69) is 0 Å². The van der Waals surface area contributed by atoms with Gasteiger partial charge in [-0.05, 0) is 19.1 Å². The van der Waals surface area contributed by atoms with Crippen LogP contribution in [0.2, 0.25) is 0 Å². The molecule has 0 aromatic heterocycles. The van der Waals surface area contributed by atoms with Crippen LogP contribution in [0.4, 0.5) is 0 Å². The highest BCUT2D eigenvalue weighted by Crippen LogP contribution is 2.12. The molecule has 0 radical (unpaired) electrons. The Hall–Kier alpha value is -1.84. The molecular weight excluding hydrogens is 208 g/mol. The van der Waals surface area contributed by atoms with Crippen LogP contribution >= 0.6 is 0 Å². The zero-order valence-corrected chi connectivity index (χ0v) is 9.05. The van der Waals surface area contributed by atoms with Gasteiger partial charge in [0, 0.05) is 0 Å². The number of rotatable bonds is 6. The molecule has 1 aromatic rings. The van der Waals surface area contributed by atoms with E-state index in [-0.39, 0.29) is 18.8 Å². The largest absolute Gasteiger partial charge is 0.493 e. The topological polar surface area (TPSA) is 63.6 Å². The van der Waals surface area contributed by atoms with Gasteiger partial charge in [0.15, 0.2) is 0 Å². The van der Waals surface area contributed by atoms with Crippen molar-refractivity contribution >= 4 is 11.8 Å². The molecule has 1 atom stereocenters. The van der Waals surface area contributed by atoms with E-state index in [0.29, 0.717) is 5.75 Å². The van der Waals surface area contributed by atoms with Crippen molar-refractivity contribution in [3.63, 3.8) is 0 Å². The van der Waals surface area contributed by atoms with Crippen LogP contribution in [0.3, 0.4) is 0 Å². The van der Waals surface area contributed by atoms with Gasteiger partial charge < -0.3 is 9.84 Å². The minimum atomic E-state index is -0.989. The average Bonchev–Trinajstić information content (AvgIpc) is 2.25. The van der Waals surface area contributed by atoms with E-state index in [1.165, 1.54) is 6.92 Å². The maximum absolute atomic E-state index is 11.2. The predicted octanol–water partition coefficient (Wildman–Crippen LogP) is 1.75. The van der Waals surface area contributed by atoms with Crippen LogP contribution in [0.1, 0.15) is 13.3 Å². The van der Waals surface area contributed by atoms with Crippen LogP contribution in [0.5, 0.6) is 5.75 Å². The smallest absolute Gasteiger partial charge is 0.304 e. The molecule has 86 valence electrons. The molecule has 0 spiro atoms. The molecule has 1 unspecified atom stereocenters. The Labute approximate surface area is 93.9 Å². The van der Waals surface area contributed by atoms with Crippen molar-refractivity contribution in [2.75, 3.05) is 6.61 Å². The van der Waals surface area contributed by atoms with E-state index in [1.807, 2.05) is 18.2 Å². The van der Waals surface area contributed by atoms with Crippen molar-refractivity contribution < 1.29 is 19.4 Å². The van der Waals surface area contributed by atoms with Gasteiger partial charge in [-0.2, -0.15) is 0 Å². The summed E-state index contributed by atoms with van der Waals surface area (Å²) >= 11 is 0. The Morgan fingerprint density at radius 1 is 1.31 bits per heavy atom. The van der Waals surface area contributed by atoms with Gasteiger partial charge in [-0.3, -0.25) is 9.59 Å². The van der Waals surface area contributed by atoms with Crippen LogP contribution in [-0.4, -0.2) is 23.5 Å². The second-order valence-corrected chi connectivity index (χ2v) is 3.53. The Bertz CT molecular complexity index is 359. The number of carbonyl (C=O) groups excluding carboxylic acids is 1. The van der Waals surface area contributed by atoms with Crippen molar-refractivity contribution in [3.05, 3.63) is 30.3 Å². The van der Waals surface area contributed by atoms with Gasteiger partial charge in [-0.1, -0.05) is 18.2 Å². The Morgan fingerprint density at radius 3 is 2.44 bits per heavy atom. The van der Waals surface area contributed by atoms with E-state index in [4.69, 9.17) is 9.84 Å². The molecular formula is C12H14O4. The fraction of sp³-hybridized carbons (Fsp3) is 0.333. The van der Waals surface area contributed by atoms with Crippen LogP contribution in [0.25, 0.3) is 0 Å². The van der Waals surface area contributed by atoms with Crippen molar-refractivity contribution in [1.29, 1.82) is 0 Å². The summed E-state index contributed by atoms with van der Waals surface area (Å²) in [5, 5.41) is 8.62. The lowest BCUT2D eigenvalue weighted by atomic mass is 10.0. The van der Waals surface area contributed by atoms with Gasteiger partial charge in [0.2, 0.25) is 0 Å². The highest BCUT2D eigenvalue weighted by Gasteiger charge is 2.18. The highest BCUT2D eigenvalue weighted by molar-refractivity contribution is 5.83. The van der Waals surface area contributed by atoms with E-state index in [1.54, 1.807) is 12.1 Å². The summed E-state index contributed by atoms with van der Waals surface area (Å²) in [6, 6.07) is 9.01. The van der Waals surface area contributed by atoms with Crippen LogP contribution in [0.15, 0.2) is 30.3 Å². The molecule has 0 aliphatic heterocycles. The Balaban J connectivity index is 2.50. The molecule has 4 nitrogen and oxygen atoms in total. The maximum atomic E-state index is 11.2. The molecule has 4 heteroatoms. The van der Waals surface area contributed by atoms with Gasteiger partial charge in [-0.25, -0.2) is 0 Å². The quantitative estimate of drug-likeness (QED) is 0.796. The van der Waals surface area contributed by atoms with Crippen LogP contribution < -0.4 is 4.74 Å². The number of ketones is 1. The van der Waals surface area contributed by atoms with Gasteiger partial charge in [0.05, 0.1) is 18.9 Å². The second kappa shape index (κ2) is 5.90. The average molecular weight is 222 g/mol. The molecule has 1 N–H and O–H groups in total. The Morgan fingerprint density at radius 2 is 1.94 bits per heavy atom. The number of para-hydroxylation sites is 1. The number of hydrogen-bond donors (Lipinski definition) is 1. The van der Waals surface area contributed by atoms with E-state index in [0.717, 1.165) is 0 Å². The van der Waals surface area contributed by atoms with Crippen molar-refractivity contribution in [1.82, 2.24) is 0 Å². The molecule has 0 heterocycles. The van der Waals surface area contributed by atoms with E-state index < -0.39 is 11.9 Å². The number of benzene rings is 1. The highest BCUT2D eigenvalue weighted by atomic mass is 16.5. The van der Waals surface area contributed by atoms with Crippen molar-refractivity contribution in [3.8, 4) is 5.75 Å². The van der Waals surface area contributed by atoms with Gasteiger partial charge >= 0.3 is 5.97 Å². The van der Waals surface area contributed by atoms with E-state index in [9.17, 15) is 9.59 Å². The van der Waals surface area contributed by atoms with Crippen molar-refractivity contribution in [2.45, 2.75) is 13.3 Å². The molecule has 1 aromatic carbocycles. The summed E-state index contributed by atoms with van der Waals surface area (Å²) in [5.74, 6) is -1.10. The third-order valence-corrected chi connectivity index (χ3v) is 2.19. The molecule has 0 saturated heterocycles. The molecule has 0 aliphatic rings. The van der Waals surface area contributed by atoms with Crippen molar-refractivity contribution in [2.24, 2.45) is 5.92 Å². The standard InChI is InChI=1S/C12H14O4/c1-9(13)10(7-12(14)15)8-16-11-5-3-2-4-6-11/h2-6,10H,7-8H2,1H3,(H,14,15). The second-order valence-electron chi connectivity index (χ2n) is 3.53. The van der Waals surface area contributed by atoms with Gasteiger partial charge in [0.25, 0.3) is 0 Å². The molecule has 0 fully saturated rings. The zero-order chi connectivity index (χ0) is 12.0. The lowest BCUT2D eigenvalue weighted by molar-refractivity contribution is -0.140. The lowest BCUT2D eigenvalue weighted by Gasteiger charge is -2.12. The van der Waals surface area contributed by atoms with Crippen LogP contribution in [-0.2, 0) is 9.59 Å². The third kappa shape index (κ3) is 4.13. The first kappa shape index (κ1) is 12.2. The Kier molecular flexibility index (Phi) is 4.51. The number of aliphatic carboxylic acids is 1. The summed E-state index contributed by atoms with van der Waals surface area (Å²) in [5.41, 5.74) is 0. The summed E-state index contributed by atoms with van der Waals surface area (Å²) in [6.07, 6.45) is -0.192. The van der Waals surface area contributed by atoms with Gasteiger partial charge in [0.1, 0.15) is 11.5 Å². The maximum Gasteiger partial charge on any atom is 0.304 e. The molecule has 1 rings (SSSR count). The normalized spacial score (nSPS) is 11.8. The molecule has 0 aliphatic carbocycles. The summed E-state index contributed by atoms with van der Waals surface area (Å²) in [7, 11) is 0. The lowest BCUT2D eigenvalue weighted by Crippen LogP contribution is -2.22. The SMILES string of the molecule is CC(=O)C(COc1ccccc1)CC(=O)O. The molecule has 0 bridgehead atoms. The number of hydrogen-bond acceptors (Lipinski definition) is 3. The van der Waals surface area contributed by atoms with E-state index >= 15 is 0 Å². The number of Topliss-reactive ketones (excluding diaryl/α,β-unsaturated/α-hetero) is 1. The first-order valence-electron chi connectivity index (χ1n) is 4.99. The summed E-state index contributed by atoms with van der Waals surface area (Å²) in [4.78, 5) is 21.7. The fourth-order valence-corrected chi connectivity index (χ4v) is 1.24. The molecule has 0 saturated carbocycles. The first-order chi connectivity index (χ1) is 7.59. The third-order valence-electron chi connectivity index (χ3n) is 2.19. The predicted molar refractivity (Wildman–Crippen MR) is 58.4 cm³/mol. The number of carboxylic acids is 1. The monoisotopic (exact) mass is 222 g/mol. The number of carbonyl (C=O) groups is 2. The van der Waals surface area contributed by atoms with Crippen LogP contribution in [0, 0.1) is 5.92 Å². The minimum absolute atomic E-state index is 0.103. The zero-order valence-electron chi connectivity index (χ0n) is 9.05. The summed E-state index contributed by atoms with van der Waals surface area (Å²) < 4.78 is 5.35.